The molecule has 0 aromatic heterocycles. The predicted molar refractivity (Wildman–Crippen MR) is 93.2 cm³/mol. The van der Waals surface area contributed by atoms with Gasteiger partial charge in [0.1, 0.15) is 0 Å². The van der Waals surface area contributed by atoms with Gasteiger partial charge in [-0.15, -0.1) is 0 Å². The molecule has 2 aromatic rings. The molecule has 0 aliphatic heterocycles. The molecule has 0 aliphatic rings. The lowest BCUT2D eigenvalue weighted by Gasteiger charge is -2.11. The van der Waals surface area contributed by atoms with Crippen molar-refractivity contribution in [2.24, 2.45) is 5.14 Å². The normalized spacial score (nSPS) is 10.8. The number of benzene rings is 2. The highest BCUT2D eigenvalue weighted by Crippen LogP contribution is 2.24. The Morgan fingerprint density at radius 3 is 2.19 bits per heavy atom. The molecule has 0 fully saturated rings. The SMILES string of the molecule is CC(=O)Nc1cc([N+](=O)[O-])ccc1C(=O)Nc1ccc(S(N)(=O)=O)cc1. The highest BCUT2D eigenvalue weighted by molar-refractivity contribution is 7.89. The molecule has 2 aromatic carbocycles. The zero-order chi connectivity index (χ0) is 19.5. The van der Waals surface area contributed by atoms with E-state index >= 15 is 0 Å². The number of carbonyl (C=O) groups excluding carboxylic acids is 2. The van der Waals surface area contributed by atoms with Crippen LogP contribution in [0.4, 0.5) is 17.1 Å². The number of amides is 2. The van der Waals surface area contributed by atoms with Gasteiger partial charge >= 0.3 is 0 Å². The van der Waals surface area contributed by atoms with Gasteiger partial charge in [-0.05, 0) is 30.3 Å². The van der Waals surface area contributed by atoms with Crippen molar-refractivity contribution in [2.75, 3.05) is 10.6 Å². The van der Waals surface area contributed by atoms with E-state index in [1.54, 1.807) is 0 Å². The number of nitrogens with two attached hydrogens (primary N) is 1. The van der Waals surface area contributed by atoms with Gasteiger partial charge in [0.2, 0.25) is 15.9 Å². The first-order chi connectivity index (χ1) is 12.1. The van der Waals surface area contributed by atoms with Gasteiger partial charge in [-0.2, -0.15) is 0 Å². The van der Waals surface area contributed by atoms with Crippen molar-refractivity contribution < 1.29 is 22.9 Å². The van der Waals surface area contributed by atoms with Gasteiger partial charge in [0.15, 0.2) is 0 Å². The Kier molecular flexibility index (Phi) is 5.33. The van der Waals surface area contributed by atoms with E-state index in [-0.39, 0.29) is 27.5 Å². The molecule has 0 radical (unpaired) electrons. The molecule has 11 heteroatoms. The number of hydrogen-bond donors (Lipinski definition) is 3. The molecule has 0 heterocycles. The van der Waals surface area contributed by atoms with Crippen molar-refractivity contribution in [3.8, 4) is 0 Å². The summed E-state index contributed by atoms with van der Waals surface area (Å²) in [6.45, 7) is 1.20. The molecule has 4 N–H and O–H groups in total. The summed E-state index contributed by atoms with van der Waals surface area (Å²) >= 11 is 0. The number of rotatable bonds is 5. The number of nitro groups is 1. The highest BCUT2D eigenvalue weighted by atomic mass is 32.2. The van der Waals surface area contributed by atoms with Crippen molar-refractivity contribution in [2.45, 2.75) is 11.8 Å². The van der Waals surface area contributed by atoms with Crippen LogP contribution in [0.25, 0.3) is 0 Å². The number of non-ortho nitro benzene ring substituents is 1. The number of nitrogens with zero attached hydrogens (tertiary/aromatic N) is 1. The maximum atomic E-state index is 12.4. The van der Waals surface area contributed by atoms with Gasteiger partial charge in [0.25, 0.3) is 11.6 Å². The molecule has 10 nitrogen and oxygen atoms in total. The lowest BCUT2D eigenvalue weighted by atomic mass is 10.1. The molecule has 26 heavy (non-hydrogen) atoms. The van der Waals surface area contributed by atoms with E-state index in [9.17, 15) is 28.1 Å². The lowest BCUT2D eigenvalue weighted by Crippen LogP contribution is -2.17. The van der Waals surface area contributed by atoms with Crippen LogP contribution in [0.1, 0.15) is 17.3 Å². The minimum atomic E-state index is -3.86. The Bertz CT molecular complexity index is 986. The second kappa shape index (κ2) is 7.29. The first kappa shape index (κ1) is 19.0. The van der Waals surface area contributed by atoms with E-state index in [0.717, 1.165) is 12.1 Å². The maximum absolute atomic E-state index is 12.4. The minimum Gasteiger partial charge on any atom is -0.325 e. The average molecular weight is 378 g/mol. The van der Waals surface area contributed by atoms with Gasteiger partial charge in [-0.1, -0.05) is 0 Å². The van der Waals surface area contributed by atoms with Gasteiger partial charge in [-0.25, -0.2) is 13.6 Å². The van der Waals surface area contributed by atoms with Crippen LogP contribution in [0.5, 0.6) is 0 Å². The first-order valence-electron chi connectivity index (χ1n) is 7.08. The van der Waals surface area contributed by atoms with E-state index in [2.05, 4.69) is 10.6 Å². The Hall–Kier alpha value is -3.31. The molecular weight excluding hydrogens is 364 g/mol. The third kappa shape index (κ3) is 4.62. The predicted octanol–water partition coefficient (Wildman–Crippen LogP) is 1.45. The van der Waals surface area contributed by atoms with Crippen LogP contribution in [0, 0.1) is 10.1 Å². The van der Waals surface area contributed by atoms with Crippen molar-refractivity contribution >= 4 is 38.9 Å². The average Bonchev–Trinajstić information content (AvgIpc) is 2.53. The Morgan fingerprint density at radius 2 is 1.69 bits per heavy atom. The van der Waals surface area contributed by atoms with Gasteiger partial charge in [-0.3, -0.25) is 19.7 Å². The van der Waals surface area contributed by atoms with Gasteiger partial charge in [0, 0.05) is 24.7 Å². The summed E-state index contributed by atoms with van der Waals surface area (Å²) in [6.07, 6.45) is 0. The van der Waals surface area contributed by atoms with Gasteiger partial charge in [0.05, 0.1) is 21.1 Å². The molecule has 0 spiro atoms. The number of hydrogen-bond acceptors (Lipinski definition) is 6. The monoisotopic (exact) mass is 378 g/mol. The van der Waals surface area contributed by atoms with Crippen molar-refractivity contribution in [1.82, 2.24) is 0 Å². The second-order valence-corrected chi connectivity index (χ2v) is 6.75. The van der Waals surface area contributed by atoms with E-state index in [1.807, 2.05) is 0 Å². The molecule has 0 aliphatic carbocycles. The van der Waals surface area contributed by atoms with Crippen molar-refractivity contribution in [3.63, 3.8) is 0 Å². The van der Waals surface area contributed by atoms with Crippen molar-refractivity contribution in [1.29, 1.82) is 0 Å². The Morgan fingerprint density at radius 1 is 1.08 bits per heavy atom. The molecule has 0 atom stereocenters. The molecule has 2 rings (SSSR count). The summed E-state index contributed by atoms with van der Waals surface area (Å²) in [4.78, 5) is 33.8. The van der Waals surface area contributed by atoms with Gasteiger partial charge < -0.3 is 10.6 Å². The first-order valence-corrected chi connectivity index (χ1v) is 8.63. The fourth-order valence-corrected chi connectivity index (χ4v) is 2.58. The third-order valence-electron chi connectivity index (χ3n) is 3.21. The van der Waals surface area contributed by atoms with Crippen LogP contribution in [0.2, 0.25) is 0 Å². The molecule has 0 unspecified atom stereocenters. The fraction of sp³-hybridized carbons (Fsp3) is 0.0667. The molecule has 136 valence electrons. The Labute approximate surface area is 148 Å². The third-order valence-corrected chi connectivity index (χ3v) is 4.14. The summed E-state index contributed by atoms with van der Waals surface area (Å²) in [5, 5.41) is 20.7. The standard InChI is InChI=1S/C15H14N4O6S/c1-9(20)17-14-8-11(19(22)23)4-7-13(14)15(21)18-10-2-5-12(6-3-10)26(16,24)25/h2-8H,1H3,(H,17,20)(H,18,21)(H2,16,24,25). The summed E-state index contributed by atoms with van der Waals surface area (Å²) in [5.74, 6) is -1.15. The number of nitro benzene ring substituents is 1. The van der Waals surface area contributed by atoms with Crippen LogP contribution in [-0.4, -0.2) is 25.2 Å². The minimum absolute atomic E-state index is 0.00122. The number of primary sulfonamides is 1. The fourth-order valence-electron chi connectivity index (χ4n) is 2.06. The topological polar surface area (TPSA) is 162 Å². The Balaban J connectivity index is 2.31. The van der Waals surface area contributed by atoms with E-state index < -0.39 is 26.8 Å². The zero-order valence-corrected chi connectivity index (χ0v) is 14.2. The van der Waals surface area contributed by atoms with Crippen LogP contribution >= 0.6 is 0 Å². The van der Waals surface area contributed by atoms with E-state index in [1.165, 1.54) is 37.3 Å². The molecule has 0 bridgehead atoms. The summed E-state index contributed by atoms with van der Waals surface area (Å²) in [7, 11) is -3.86. The number of nitrogens with one attached hydrogen (secondary N) is 2. The largest absolute Gasteiger partial charge is 0.325 e. The molecular formula is C15H14N4O6S. The highest BCUT2D eigenvalue weighted by Gasteiger charge is 2.17. The van der Waals surface area contributed by atoms with E-state index in [0.29, 0.717) is 0 Å². The number of sulfonamides is 1. The second-order valence-electron chi connectivity index (χ2n) is 5.19. The van der Waals surface area contributed by atoms with Crippen LogP contribution in [-0.2, 0) is 14.8 Å². The maximum Gasteiger partial charge on any atom is 0.271 e. The summed E-state index contributed by atoms with van der Waals surface area (Å²) in [6, 6.07) is 8.51. The number of anilines is 2. The summed E-state index contributed by atoms with van der Waals surface area (Å²) in [5.41, 5.74) is -0.0380. The molecule has 0 saturated carbocycles. The van der Waals surface area contributed by atoms with E-state index in [4.69, 9.17) is 5.14 Å². The quantitative estimate of drug-likeness (QED) is 0.527. The zero-order valence-electron chi connectivity index (χ0n) is 13.4. The van der Waals surface area contributed by atoms with Crippen molar-refractivity contribution in [3.05, 3.63) is 58.1 Å². The van der Waals surface area contributed by atoms with Crippen LogP contribution in [0.3, 0.4) is 0 Å². The molecule has 2 amide bonds. The van der Waals surface area contributed by atoms with Crippen LogP contribution < -0.4 is 15.8 Å². The number of carbonyl (C=O) groups is 2. The lowest BCUT2D eigenvalue weighted by molar-refractivity contribution is -0.384. The molecule has 0 saturated heterocycles. The van der Waals surface area contributed by atoms with Crippen LogP contribution in [0.15, 0.2) is 47.4 Å². The smallest absolute Gasteiger partial charge is 0.271 e. The summed E-state index contributed by atoms with van der Waals surface area (Å²) < 4.78 is 22.4.